The van der Waals surface area contributed by atoms with E-state index in [9.17, 15) is 9.59 Å². The molecule has 0 spiro atoms. The van der Waals surface area contributed by atoms with Gasteiger partial charge in [-0.2, -0.15) is 0 Å². The third-order valence-corrected chi connectivity index (χ3v) is 5.76. The van der Waals surface area contributed by atoms with Gasteiger partial charge in [-0.05, 0) is 12.8 Å². The molecule has 4 rings (SSSR count). The highest BCUT2D eigenvalue weighted by molar-refractivity contribution is 8.01. The van der Waals surface area contributed by atoms with E-state index in [4.69, 9.17) is 4.52 Å². The number of Topliss-reactive ketones (excluding diaryl/α,β-unsaturated/α-hetero) is 1. The quantitative estimate of drug-likeness (QED) is 0.376. The van der Waals surface area contributed by atoms with E-state index in [1.165, 1.54) is 23.1 Å². The molecule has 0 radical (unpaired) electrons. The number of amides is 1. The molecule has 1 amide bonds. The van der Waals surface area contributed by atoms with E-state index in [1.807, 2.05) is 18.2 Å². The zero-order chi connectivity index (χ0) is 17.9. The van der Waals surface area contributed by atoms with Gasteiger partial charge in [0, 0.05) is 17.5 Å². The highest BCUT2D eigenvalue weighted by atomic mass is 32.2. The van der Waals surface area contributed by atoms with E-state index in [-0.39, 0.29) is 23.1 Å². The second-order valence-corrected chi connectivity index (χ2v) is 7.99. The van der Waals surface area contributed by atoms with Crippen LogP contribution in [0.25, 0.3) is 0 Å². The summed E-state index contributed by atoms with van der Waals surface area (Å²) in [7, 11) is 0. The predicted molar refractivity (Wildman–Crippen MR) is 97.8 cm³/mol. The van der Waals surface area contributed by atoms with Gasteiger partial charge in [-0.25, -0.2) is 0 Å². The SMILES string of the molecule is O=C(CSc1nnc(NC(=O)c2cc(C3CC3)on2)s1)c1ccccc1. The minimum absolute atomic E-state index is 0.0200. The number of hydrogen-bond donors (Lipinski definition) is 1. The van der Waals surface area contributed by atoms with Crippen molar-refractivity contribution in [3.05, 3.63) is 53.4 Å². The van der Waals surface area contributed by atoms with E-state index in [2.05, 4.69) is 20.7 Å². The Morgan fingerprint density at radius 1 is 1.23 bits per heavy atom. The number of thioether (sulfide) groups is 1. The smallest absolute Gasteiger partial charge is 0.279 e. The first-order valence-electron chi connectivity index (χ1n) is 8.01. The van der Waals surface area contributed by atoms with Crippen molar-refractivity contribution < 1.29 is 14.1 Å². The highest BCUT2D eigenvalue weighted by Crippen LogP contribution is 2.40. The lowest BCUT2D eigenvalue weighted by atomic mass is 10.2. The van der Waals surface area contributed by atoms with Crippen molar-refractivity contribution in [2.75, 3.05) is 11.1 Å². The highest BCUT2D eigenvalue weighted by Gasteiger charge is 2.29. The van der Waals surface area contributed by atoms with Crippen molar-refractivity contribution in [1.82, 2.24) is 15.4 Å². The Hall–Kier alpha value is -2.52. The summed E-state index contributed by atoms with van der Waals surface area (Å²) >= 11 is 2.51. The second kappa shape index (κ2) is 7.38. The van der Waals surface area contributed by atoms with Gasteiger partial charge in [0.2, 0.25) is 5.13 Å². The molecule has 132 valence electrons. The van der Waals surface area contributed by atoms with Crippen molar-refractivity contribution in [2.45, 2.75) is 23.1 Å². The molecule has 1 aromatic carbocycles. The minimum atomic E-state index is -0.381. The number of anilines is 1. The zero-order valence-corrected chi connectivity index (χ0v) is 15.2. The molecule has 0 bridgehead atoms. The van der Waals surface area contributed by atoms with E-state index >= 15 is 0 Å². The molecule has 9 heteroatoms. The van der Waals surface area contributed by atoms with Crippen LogP contribution in [-0.2, 0) is 0 Å². The van der Waals surface area contributed by atoms with Crippen LogP contribution in [0.5, 0.6) is 0 Å². The monoisotopic (exact) mass is 386 g/mol. The first kappa shape index (κ1) is 16.9. The molecule has 1 aliphatic carbocycles. The Balaban J connectivity index is 1.32. The Morgan fingerprint density at radius 3 is 2.81 bits per heavy atom. The first-order valence-corrected chi connectivity index (χ1v) is 9.82. The fourth-order valence-corrected chi connectivity index (χ4v) is 3.91. The van der Waals surface area contributed by atoms with Crippen LogP contribution in [0.2, 0.25) is 0 Å². The second-order valence-electron chi connectivity index (χ2n) is 5.79. The molecule has 0 aliphatic heterocycles. The number of ketones is 1. The maximum absolute atomic E-state index is 12.2. The van der Waals surface area contributed by atoms with Crippen LogP contribution in [0.15, 0.2) is 45.3 Å². The van der Waals surface area contributed by atoms with Gasteiger partial charge in [0.1, 0.15) is 5.76 Å². The Morgan fingerprint density at radius 2 is 2.04 bits per heavy atom. The lowest BCUT2D eigenvalue weighted by Crippen LogP contribution is -2.11. The number of carbonyl (C=O) groups excluding carboxylic acids is 2. The predicted octanol–water partition coefficient (Wildman–Crippen LogP) is 3.63. The third-order valence-electron chi connectivity index (χ3n) is 3.79. The summed E-state index contributed by atoms with van der Waals surface area (Å²) in [5.41, 5.74) is 0.895. The lowest BCUT2D eigenvalue weighted by molar-refractivity contribution is 0.101. The molecule has 1 fully saturated rings. The number of nitrogens with one attached hydrogen (secondary N) is 1. The lowest BCUT2D eigenvalue weighted by Gasteiger charge is -1.98. The number of nitrogens with zero attached hydrogens (tertiary/aromatic N) is 3. The van der Waals surface area contributed by atoms with Gasteiger partial charge < -0.3 is 4.52 Å². The van der Waals surface area contributed by atoms with Gasteiger partial charge in [0.05, 0.1) is 5.75 Å². The maximum Gasteiger partial charge on any atom is 0.279 e. The topological polar surface area (TPSA) is 98.0 Å². The summed E-state index contributed by atoms with van der Waals surface area (Å²) < 4.78 is 5.79. The molecule has 3 aromatic rings. The summed E-state index contributed by atoms with van der Waals surface area (Å²) in [6.45, 7) is 0. The molecule has 26 heavy (non-hydrogen) atoms. The van der Waals surface area contributed by atoms with Gasteiger partial charge in [0.25, 0.3) is 5.91 Å². The van der Waals surface area contributed by atoms with Gasteiger partial charge >= 0.3 is 0 Å². The number of hydrogen-bond acceptors (Lipinski definition) is 8. The number of rotatable bonds is 7. The summed E-state index contributed by atoms with van der Waals surface area (Å²) in [6.07, 6.45) is 2.16. The van der Waals surface area contributed by atoms with Crippen LogP contribution >= 0.6 is 23.1 Å². The molecule has 2 aromatic heterocycles. The van der Waals surface area contributed by atoms with Crippen LogP contribution in [0, 0.1) is 0 Å². The molecule has 0 atom stereocenters. The largest absolute Gasteiger partial charge is 0.360 e. The van der Waals surface area contributed by atoms with Crippen molar-refractivity contribution in [1.29, 1.82) is 0 Å². The molecule has 1 N–H and O–H groups in total. The third kappa shape index (κ3) is 4.00. The van der Waals surface area contributed by atoms with Crippen molar-refractivity contribution in [3.63, 3.8) is 0 Å². The van der Waals surface area contributed by atoms with Crippen LogP contribution in [-0.4, -0.2) is 32.8 Å². The van der Waals surface area contributed by atoms with E-state index in [0.717, 1.165) is 18.6 Å². The number of aromatic nitrogens is 3. The molecule has 1 saturated carbocycles. The average molecular weight is 386 g/mol. The fourth-order valence-electron chi connectivity index (χ4n) is 2.27. The molecule has 0 saturated heterocycles. The molecule has 1 aliphatic rings. The zero-order valence-electron chi connectivity index (χ0n) is 13.5. The summed E-state index contributed by atoms with van der Waals surface area (Å²) in [4.78, 5) is 24.3. The average Bonchev–Trinajstić information content (AvgIpc) is 3.22. The summed E-state index contributed by atoms with van der Waals surface area (Å²) in [5.74, 6) is 1.06. The fraction of sp³-hybridized carbons (Fsp3) is 0.235. The number of benzene rings is 1. The van der Waals surface area contributed by atoms with Crippen LogP contribution in [0.4, 0.5) is 5.13 Å². The standard InChI is InChI=1S/C17H14N4O3S2/c22-13(10-4-2-1-3-5-10)9-25-17-20-19-16(26-17)18-15(23)12-8-14(24-21-12)11-6-7-11/h1-5,8,11H,6-7,9H2,(H,18,19,23). The van der Waals surface area contributed by atoms with E-state index in [0.29, 0.717) is 21.0 Å². The Kier molecular flexibility index (Phi) is 4.81. The van der Waals surface area contributed by atoms with Crippen LogP contribution in [0.3, 0.4) is 0 Å². The van der Waals surface area contributed by atoms with Crippen molar-refractivity contribution >= 4 is 39.9 Å². The van der Waals surface area contributed by atoms with Crippen LogP contribution in [0.1, 0.15) is 45.4 Å². The van der Waals surface area contributed by atoms with E-state index in [1.54, 1.807) is 18.2 Å². The minimum Gasteiger partial charge on any atom is -0.360 e. The number of carbonyl (C=O) groups is 2. The molecular formula is C17H14N4O3S2. The maximum atomic E-state index is 12.2. The normalized spacial score (nSPS) is 13.5. The first-order chi connectivity index (χ1) is 12.7. The van der Waals surface area contributed by atoms with Crippen LogP contribution < -0.4 is 5.32 Å². The molecule has 2 heterocycles. The summed E-state index contributed by atoms with van der Waals surface area (Å²) in [6, 6.07) is 10.8. The molecule has 0 unspecified atom stereocenters. The van der Waals surface area contributed by atoms with E-state index < -0.39 is 0 Å². The van der Waals surface area contributed by atoms with Crippen molar-refractivity contribution in [3.8, 4) is 0 Å². The Labute approximate surface area is 157 Å². The summed E-state index contributed by atoms with van der Waals surface area (Å²) in [5, 5.41) is 14.7. The Bertz CT molecular complexity index is 934. The molecule has 7 nitrogen and oxygen atoms in total. The van der Waals surface area contributed by atoms with Gasteiger partial charge in [-0.3, -0.25) is 14.9 Å². The van der Waals surface area contributed by atoms with Crippen molar-refractivity contribution in [2.24, 2.45) is 0 Å². The van der Waals surface area contributed by atoms with Gasteiger partial charge in [-0.15, -0.1) is 10.2 Å². The molecular weight excluding hydrogens is 372 g/mol. The van der Waals surface area contributed by atoms with Gasteiger partial charge in [0.15, 0.2) is 15.8 Å². The van der Waals surface area contributed by atoms with Gasteiger partial charge in [-0.1, -0.05) is 58.6 Å².